The van der Waals surface area contributed by atoms with Crippen molar-refractivity contribution in [2.75, 3.05) is 64.3 Å². The predicted molar refractivity (Wildman–Crippen MR) is 178 cm³/mol. The zero-order valence-corrected chi connectivity index (χ0v) is 27.4. The zero-order chi connectivity index (χ0) is 32.8. The van der Waals surface area contributed by atoms with E-state index >= 15 is 0 Å². The monoisotopic (exact) mass is 645 g/mol. The van der Waals surface area contributed by atoms with Crippen molar-refractivity contribution in [2.45, 2.75) is 63.6 Å². The molecule has 4 aliphatic heterocycles. The minimum atomic E-state index is -0.748. The number of benzene rings is 2. The average Bonchev–Trinajstić information content (AvgIpc) is 3.27. The Morgan fingerprint density at radius 1 is 0.979 bits per heavy atom. The minimum Gasteiger partial charge on any atom is -0.466 e. The Morgan fingerprint density at radius 3 is 2.45 bits per heavy atom. The summed E-state index contributed by atoms with van der Waals surface area (Å²) in [6, 6.07) is 14.1. The molecule has 11 nitrogen and oxygen atoms in total. The van der Waals surface area contributed by atoms with Crippen molar-refractivity contribution in [1.29, 1.82) is 0 Å². The molecule has 0 saturated carbocycles. The van der Waals surface area contributed by atoms with Crippen LogP contribution in [0.1, 0.15) is 42.4 Å². The number of nitrogens with one attached hydrogen (secondary N) is 1. The lowest BCUT2D eigenvalue weighted by molar-refractivity contribution is -0.145. The Hall–Kier alpha value is -4.09. The van der Waals surface area contributed by atoms with E-state index in [9.17, 15) is 14.4 Å². The van der Waals surface area contributed by atoms with Gasteiger partial charge in [-0.1, -0.05) is 30.3 Å². The Labute approximate surface area is 277 Å². The van der Waals surface area contributed by atoms with Gasteiger partial charge in [0.05, 0.1) is 0 Å². The first kappa shape index (κ1) is 32.8. The summed E-state index contributed by atoms with van der Waals surface area (Å²) in [5.41, 5.74) is 3.78. The number of aryl methyl sites for hydroxylation is 1. The SMILES string of the molecule is C=C(O[C@H](Cc1ccc(OC=O)c(C)c1)C(=O)N1CCN(C2CCOCC2)CC1)N1CCC(N2CCc3ccccc3NC2=O)CC1. The van der Waals surface area contributed by atoms with Crippen LogP contribution in [0.5, 0.6) is 5.75 Å². The molecule has 1 N–H and O–H groups in total. The van der Waals surface area contributed by atoms with E-state index < -0.39 is 6.10 Å². The van der Waals surface area contributed by atoms with Crippen LogP contribution in [0.15, 0.2) is 54.9 Å². The number of rotatable bonds is 10. The Bertz CT molecular complexity index is 1430. The van der Waals surface area contributed by atoms with Crippen LogP contribution in [0.3, 0.4) is 0 Å². The second-order valence-electron chi connectivity index (χ2n) is 13.0. The number of urea groups is 1. The average molecular weight is 646 g/mol. The highest BCUT2D eigenvalue weighted by molar-refractivity contribution is 5.91. The smallest absolute Gasteiger partial charge is 0.322 e. The van der Waals surface area contributed by atoms with Crippen LogP contribution < -0.4 is 10.1 Å². The van der Waals surface area contributed by atoms with E-state index in [1.165, 1.54) is 0 Å². The molecule has 0 spiro atoms. The third-order valence-corrected chi connectivity index (χ3v) is 10.1. The van der Waals surface area contributed by atoms with Crippen LogP contribution in [0.25, 0.3) is 0 Å². The van der Waals surface area contributed by atoms with Crippen molar-refractivity contribution in [2.24, 2.45) is 0 Å². The first-order valence-corrected chi connectivity index (χ1v) is 17.0. The van der Waals surface area contributed by atoms with Crippen LogP contribution in [0.2, 0.25) is 0 Å². The van der Waals surface area contributed by atoms with Crippen molar-refractivity contribution in [3.05, 3.63) is 71.6 Å². The molecule has 1 atom stereocenters. The molecule has 0 bridgehead atoms. The van der Waals surface area contributed by atoms with Crippen molar-refractivity contribution in [3.63, 3.8) is 0 Å². The zero-order valence-electron chi connectivity index (χ0n) is 27.4. The highest BCUT2D eigenvalue weighted by Gasteiger charge is 2.34. The van der Waals surface area contributed by atoms with E-state index in [1.54, 1.807) is 6.07 Å². The summed E-state index contributed by atoms with van der Waals surface area (Å²) in [5, 5.41) is 3.09. The summed E-state index contributed by atoms with van der Waals surface area (Å²) in [5.74, 6) is 0.929. The van der Waals surface area contributed by atoms with Crippen LogP contribution >= 0.6 is 0 Å². The lowest BCUT2D eigenvalue weighted by atomic mass is 10.0. The number of piperidine rings is 1. The van der Waals surface area contributed by atoms with Gasteiger partial charge in [0.2, 0.25) is 0 Å². The summed E-state index contributed by atoms with van der Waals surface area (Å²) in [7, 11) is 0. The molecule has 2 aromatic carbocycles. The molecule has 3 fully saturated rings. The topological polar surface area (TPSA) is 104 Å². The second kappa shape index (κ2) is 15.2. The number of para-hydroxylation sites is 1. The Morgan fingerprint density at radius 2 is 1.72 bits per heavy atom. The van der Waals surface area contributed by atoms with Gasteiger partial charge in [-0.2, -0.15) is 0 Å². The molecule has 252 valence electrons. The number of hydrogen-bond acceptors (Lipinski definition) is 8. The van der Waals surface area contributed by atoms with Crippen LogP contribution in [0, 0.1) is 6.92 Å². The summed E-state index contributed by atoms with van der Waals surface area (Å²) in [6.45, 7) is 13.2. The number of carbonyl (C=O) groups excluding carboxylic acids is 3. The normalized spacial score (nSPS) is 20.5. The van der Waals surface area contributed by atoms with Gasteiger partial charge in [-0.25, -0.2) is 4.79 Å². The van der Waals surface area contributed by atoms with Gasteiger partial charge in [-0.05, 0) is 74.4 Å². The van der Waals surface area contributed by atoms with Crippen LogP contribution in [-0.4, -0.2) is 115 Å². The van der Waals surface area contributed by atoms with Crippen LogP contribution in [-0.2, 0) is 31.9 Å². The molecule has 2 aromatic rings. The van der Waals surface area contributed by atoms with E-state index in [-0.39, 0.29) is 18.0 Å². The summed E-state index contributed by atoms with van der Waals surface area (Å²) >= 11 is 0. The molecule has 47 heavy (non-hydrogen) atoms. The Kier molecular flexibility index (Phi) is 10.6. The molecule has 0 radical (unpaired) electrons. The lowest BCUT2D eigenvalue weighted by Crippen LogP contribution is -2.55. The van der Waals surface area contributed by atoms with Crippen LogP contribution in [0.4, 0.5) is 10.5 Å². The van der Waals surface area contributed by atoms with E-state index in [1.807, 2.05) is 47.1 Å². The molecule has 0 aromatic heterocycles. The maximum atomic E-state index is 14.1. The number of amides is 3. The van der Waals surface area contributed by atoms with Gasteiger partial charge in [0, 0.05) is 83.2 Å². The van der Waals surface area contributed by atoms with Gasteiger partial charge < -0.3 is 34.2 Å². The maximum Gasteiger partial charge on any atom is 0.322 e. The second-order valence-corrected chi connectivity index (χ2v) is 13.0. The molecule has 4 heterocycles. The third kappa shape index (κ3) is 7.90. The summed E-state index contributed by atoms with van der Waals surface area (Å²) in [4.78, 5) is 46.5. The molecule has 0 aliphatic carbocycles. The number of hydrogen-bond donors (Lipinski definition) is 1. The number of anilines is 1. The number of nitrogens with zero attached hydrogens (tertiary/aromatic N) is 4. The first-order valence-electron chi connectivity index (χ1n) is 17.0. The van der Waals surface area contributed by atoms with Gasteiger partial charge in [0.15, 0.2) is 12.0 Å². The Balaban J connectivity index is 1.08. The number of fused-ring (bicyclic) bond motifs is 1. The van der Waals surface area contributed by atoms with Gasteiger partial charge in [-0.3, -0.25) is 14.5 Å². The summed E-state index contributed by atoms with van der Waals surface area (Å²) in [6.07, 6.45) is 4.09. The molecule has 4 aliphatic rings. The largest absolute Gasteiger partial charge is 0.466 e. The fourth-order valence-electron chi connectivity index (χ4n) is 7.38. The summed E-state index contributed by atoms with van der Waals surface area (Å²) < 4.78 is 17.1. The number of piperazine rings is 1. The molecular weight excluding hydrogens is 598 g/mol. The van der Waals surface area contributed by atoms with Crippen molar-refractivity contribution >= 4 is 24.1 Å². The minimum absolute atomic E-state index is 0.0423. The van der Waals surface area contributed by atoms with Crippen molar-refractivity contribution in [3.8, 4) is 5.75 Å². The predicted octanol–water partition coefficient (Wildman–Crippen LogP) is 3.81. The van der Waals surface area contributed by atoms with Crippen molar-refractivity contribution in [1.82, 2.24) is 19.6 Å². The highest BCUT2D eigenvalue weighted by atomic mass is 16.5. The molecule has 0 unspecified atom stereocenters. The molecule has 3 saturated heterocycles. The van der Waals surface area contributed by atoms with Crippen molar-refractivity contribution < 1.29 is 28.6 Å². The molecule has 11 heteroatoms. The quantitative estimate of drug-likeness (QED) is 0.308. The van der Waals surface area contributed by atoms with E-state index in [0.717, 1.165) is 80.8 Å². The van der Waals surface area contributed by atoms with Gasteiger partial charge in [0.1, 0.15) is 5.75 Å². The fraction of sp³-hybridized carbons (Fsp3) is 0.528. The van der Waals surface area contributed by atoms with E-state index in [2.05, 4.69) is 27.8 Å². The maximum absolute atomic E-state index is 14.1. The number of likely N-dealkylation sites (tertiary alicyclic amines) is 1. The number of ether oxygens (including phenoxy) is 3. The van der Waals surface area contributed by atoms with Gasteiger partial charge in [-0.15, -0.1) is 0 Å². The molecule has 3 amide bonds. The highest BCUT2D eigenvalue weighted by Crippen LogP contribution is 2.27. The lowest BCUT2D eigenvalue weighted by Gasteiger charge is -2.42. The van der Waals surface area contributed by atoms with Gasteiger partial charge in [0.25, 0.3) is 12.4 Å². The first-order chi connectivity index (χ1) is 22.9. The fourth-order valence-corrected chi connectivity index (χ4v) is 7.38. The third-order valence-electron chi connectivity index (χ3n) is 10.1. The van der Waals surface area contributed by atoms with E-state index in [4.69, 9.17) is 14.2 Å². The number of carbonyl (C=O) groups is 3. The van der Waals surface area contributed by atoms with Gasteiger partial charge >= 0.3 is 6.03 Å². The molecular formula is C36H47N5O6. The molecule has 6 rings (SSSR count). The standard InChI is InChI=1S/C36H47N5O6/c1-26-23-28(7-8-33(26)46-25-42)24-34(35(43)40-19-17-39(18-20-40)30-12-21-45-22-13-30)47-27(2)38-14-10-31(11-15-38)41-16-9-29-5-3-4-6-32(29)37-36(41)44/h3-8,23,25,30-31,34H,2,9-22,24H2,1H3,(H,37,44)/t34-/m1/s1. The van der Waals surface area contributed by atoms with E-state index in [0.29, 0.717) is 63.3 Å².